The third-order valence-corrected chi connectivity index (χ3v) is 5.53. The molecule has 2 aromatic carbocycles. The number of imide groups is 1. The molecule has 1 aliphatic carbocycles. The second kappa shape index (κ2) is 7.11. The molecular formula is C22H23N3O3. The summed E-state index contributed by atoms with van der Waals surface area (Å²) in [7, 11) is 0. The number of para-hydroxylation sites is 1. The van der Waals surface area contributed by atoms with Crippen LogP contribution in [-0.4, -0.2) is 34.8 Å². The van der Waals surface area contributed by atoms with Crippen LogP contribution in [0.1, 0.15) is 30.9 Å². The normalized spacial score (nSPS) is 21.5. The third-order valence-electron chi connectivity index (χ3n) is 5.53. The predicted octanol–water partition coefficient (Wildman–Crippen LogP) is 2.94. The van der Waals surface area contributed by atoms with Gasteiger partial charge in [0.05, 0.1) is 0 Å². The monoisotopic (exact) mass is 377 g/mol. The first-order chi connectivity index (χ1) is 13.5. The zero-order valence-corrected chi connectivity index (χ0v) is 15.8. The average molecular weight is 377 g/mol. The van der Waals surface area contributed by atoms with Crippen LogP contribution in [0.3, 0.4) is 0 Å². The van der Waals surface area contributed by atoms with E-state index in [0.29, 0.717) is 12.1 Å². The number of rotatable bonds is 6. The molecule has 1 saturated heterocycles. The van der Waals surface area contributed by atoms with Crippen molar-refractivity contribution in [3.05, 3.63) is 65.7 Å². The molecule has 0 radical (unpaired) electrons. The number of carbonyl (C=O) groups excluding carboxylic acids is 3. The molecular weight excluding hydrogens is 354 g/mol. The van der Waals surface area contributed by atoms with Crippen molar-refractivity contribution in [3.63, 3.8) is 0 Å². The lowest BCUT2D eigenvalue weighted by Crippen LogP contribution is -2.46. The van der Waals surface area contributed by atoms with Crippen molar-refractivity contribution in [1.29, 1.82) is 0 Å². The summed E-state index contributed by atoms with van der Waals surface area (Å²) in [5.74, 6) is -0.527. The largest absolute Gasteiger partial charge is 0.325 e. The molecule has 1 atom stereocenters. The minimum atomic E-state index is -0.872. The Morgan fingerprint density at radius 3 is 2.50 bits per heavy atom. The van der Waals surface area contributed by atoms with Gasteiger partial charge in [0.15, 0.2) is 0 Å². The van der Waals surface area contributed by atoms with Crippen LogP contribution < -0.4 is 10.6 Å². The molecule has 6 heteroatoms. The van der Waals surface area contributed by atoms with Gasteiger partial charge in [0.25, 0.3) is 5.91 Å². The van der Waals surface area contributed by atoms with Crippen LogP contribution in [0.2, 0.25) is 0 Å². The van der Waals surface area contributed by atoms with Crippen LogP contribution in [-0.2, 0) is 16.0 Å². The van der Waals surface area contributed by atoms with Gasteiger partial charge in [0.2, 0.25) is 5.91 Å². The van der Waals surface area contributed by atoms with Gasteiger partial charge in [-0.05, 0) is 49.3 Å². The van der Waals surface area contributed by atoms with Crippen molar-refractivity contribution in [1.82, 2.24) is 10.2 Å². The molecule has 144 valence electrons. The lowest BCUT2D eigenvalue weighted by molar-refractivity contribution is -0.134. The van der Waals surface area contributed by atoms with Crippen molar-refractivity contribution in [2.24, 2.45) is 5.92 Å². The minimum Gasteiger partial charge on any atom is -0.324 e. The Balaban J connectivity index is 1.44. The van der Waals surface area contributed by atoms with Gasteiger partial charge in [0, 0.05) is 5.69 Å². The second-order valence-electron chi connectivity index (χ2n) is 7.67. The van der Waals surface area contributed by atoms with Gasteiger partial charge in [0.1, 0.15) is 12.1 Å². The highest BCUT2D eigenvalue weighted by atomic mass is 16.2. The summed E-state index contributed by atoms with van der Waals surface area (Å²) in [5, 5.41) is 5.62. The van der Waals surface area contributed by atoms with Crippen molar-refractivity contribution in [3.8, 4) is 0 Å². The van der Waals surface area contributed by atoms with Crippen LogP contribution in [0.25, 0.3) is 0 Å². The van der Waals surface area contributed by atoms with E-state index in [1.54, 1.807) is 6.92 Å². The second-order valence-corrected chi connectivity index (χ2v) is 7.67. The molecule has 1 aliphatic heterocycles. The van der Waals surface area contributed by atoms with E-state index >= 15 is 0 Å². The van der Waals surface area contributed by atoms with Crippen molar-refractivity contribution in [2.75, 3.05) is 11.9 Å². The topological polar surface area (TPSA) is 78.5 Å². The number of hydrogen-bond donors (Lipinski definition) is 2. The van der Waals surface area contributed by atoms with E-state index in [1.165, 1.54) is 0 Å². The van der Waals surface area contributed by atoms with Crippen LogP contribution in [0.5, 0.6) is 0 Å². The maximum Gasteiger partial charge on any atom is 0.325 e. The maximum atomic E-state index is 12.7. The summed E-state index contributed by atoms with van der Waals surface area (Å²) in [4.78, 5) is 38.5. The molecule has 0 unspecified atom stereocenters. The fourth-order valence-electron chi connectivity index (χ4n) is 3.74. The number of amides is 4. The van der Waals surface area contributed by atoms with E-state index in [4.69, 9.17) is 0 Å². The van der Waals surface area contributed by atoms with Crippen LogP contribution in [0.15, 0.2) is 54.6 Å². The zero-order valence-electron chi connectivity index (χ0n) is 15.8. The Morgan fingerprint density at radius 1 is 1.11 bits per heavy atom. The zero-order chi connectivity index (χ0) is 19.7. The third kappa shape index (κ3) is 3.50. The van der Waals surface area contributed by atoms with E-state index in [-0.39, 0.29) is 24.3 Å². The van der Waals surface area contributed by atoms with Crippen LogP contribution >= 0.6 is 0 Å². The summed E-state index contributed by atoms with van der Waals surface area (Å²) in [6, 6.07) is 17.0. The fourth-order valence-corrected chi connectivity index (χ4v) is 3.74. The highest BCUT2D eigenvalue weighted by Gasteiger charge is 2.56. The number of urea groups is 1. The Morgan fingerprint density at radius 2 is 1.79 bits per heavy atom. The van der Waals surface area contributed by atoms with E-state index in [0.717, 1.165) is 28.9 Å². The molecule has 2 N–H and O–H groups in total. The van der Waals surface area contributed by atoms with Gasteiger partial charge in [-0.25, -0.2) is 4.79 Å². The number of carbonyl (C=O) groups is 3. The average Bonchev–Trinajstić information content (AvgIpc) is 3.50. The molecule has 6 nitrogen and oxygen atoms in total. The summed E-state index contributed by atoms with van der Waals surface area (Å²) >= 11 is 0. The first kappa shape index (κ1) is 18.2. The molecule has 28 heavy (non-hydrogen) atoms. The number of nitrogens with zero attached hydrogens (tertiary/aromatic N) is 1. The Bertz CT molecular complexity index is 924. The van der Waals surface area contributed by atoms with Crippen LogP contribution in [0, 0.1) is 5.92 Å². The Labute approximate surface area is 163 Å². The molecule has 2 aromatic rings. The van der Waals surface area contributed by atoms with Gasteiger partial charge >= 0.3 is 6.03 Å². The highest BCUT2D eigenvalue weighted by Crippen LogP contribution is 2.42. The van der Waals surface area contributed by atoms with Gasteiger partial charge < -0.3 is 10.6 Å². The van der Waals surface area contributed by atoms with Gasteiger partial charge in [-0.2, -0.15) is 0 Å². The fraction of sp³-hybridized carbons (Fsp3) is 0.318. The first-order valence-corrected chi connectivity index (χ1v) is 9.53. The summed E-state index contributed by atoms with van der Waals surface area (Å²) in [6.07, 6.45) is 2.53. The molecule has 4 amide bonds. The number of anilines is 1. The summed E-state index contributed by atoms with van der Waals surface area (Å²) in [5.41, 5.74) is 1.93. The molecule has 2 aliphatic rings. The van der Waals surface area contributed by atoms with Crippen molar-refractivity contribution < 1.29 is 14.4 Å². The van der Waals surface area contributed by atoms with Gasteiger partial charge in [-0.3, -0.25) is 14.5 Å². The van der Waals surface area contributed by atoms with Gasteiger partial charge in [-0.1, -0.05) is 48.5 Å². The smallest absolute Gasteiger partial charge is 0.324 e. The molecule has 0 aromatic heterocycles. The standard InChI is InChI=1S/C22H23N3O3/c1-22(17-11-12-17)20(27)25(21(28)24-22)14-19(26)23-18-10-6-5-9-16(18)13-15-7-3-2-4-8-15/h2-10,17H,11-14H2,1H3,(H,23,26)(H,24,28)/t22-/m1/s1. The van der Waals surface area contributed by atoms with Crippen LogP contribution in [0.4, 0.5) is 10.5 Å². The van der Waals surface area contributed by atoms with E-state index in [1.807, 2.05) is 54.6 Å². The number of nitrogens with one attached hydrogen (secondary N) is 2. The quantitative estimate of drug-likeness (QED) is 0.760. The van der Waals surface area contributed by atoms with Gasteiger partial charge in [-0.15, -0.1) is 0 Å². The first-order valence-electron chi connectivity index (χ1n) is 9.53. The highest BCUT2D eigenvalue weighted by molar-refractivity contribution is 6.10. The summed E-state index contributed by atoms with van der Waals surface area (Å²) in [6.45, 7) is 1.46. The lowest BCUT2D eigenvalue weighted by Gasteiger charge is -2.21. The molecule has 4 rings (SSSR count). The molecule has 2 fully saturated rings. The predicted molar refractivity (Wildman–Crippen MR) is 106 cm³/mol. The summed E-state index contributed by atoms with van der Waals surface area (Å²) < 4.78 is 0. The molecule has 1 heterocycles. The van der Waals surface area contributed by atoms with Crippen molar-refractivity contribution in [2.45, 2.75) is 31.7 Å². The van der Waals surface area contributed by atoms with E-state index in [9.17, 15) is 14.4 Å². The molecule has 0 spiro atoms. The van der Waals surface area contributed by atoms with E-state index < -0.39 is 11.6 Å². The lowest BCUT2D eigenvalue weighted by atomic mass is 9.96. The van der Waals surface area contributed by atoms with E-state index in [2.05, 4.69) is 10.6 Å². The van der Waals surface area contributed by atoms with Crippen molar-refractivity contribution >= 4 is 23.5 Å². The maximum absolute atomic E-state index is 12.7. The molecule has 1 saturated carbocycles. The number of hydrogen-bond acceptors (Lipinski definition) is 3. The SMILES string of the molecule is C[C@]1(C2CC2)NC(=O)N(CC(=O)Nc2ccccc2Cc2ccccc2)C1=O. The number of benzene rings is 2. The molecule has 0 bridgehead atoms. The Kier molecular flexibility index (Phi) is 4.63. The minimum absolute atomic E-state index is 0.170. The Hall–Kier alpha value is -3.15.